The van der Waals surface area contributed by atoms with Crippen molar-refractivity contribution in [2.75, 3.05) is 25.0 Å². The standard InChI is InChI=1S/C21H22F2N2O5S/c22-18-10-7-16(13-19(18)23)24-20(26)14-30-21(27)15-5-8-17(9-6-15)31(28,29)25-11-3-1-2-4-12-25/h5-10,13H,1-4,11-12,14H2,(H,24,26). The second-order valence-corrected chi connectivity index (χ2v) is 9.03. The van der Waals surface area contributed by atoms with Crippen LogP contribution in [0.4, 0.5) is 14.5 Å². The molecule has 166 valence electrons. The highest BCUT2D eigenvalue weighted by Gasteiger charge is 2.25. The van der Waals surface area contributed by atoms with Gasteiger partial charge in [-0.15, -0.1) is 0 Å². The summed E-state index contributed by atoms with van der Waals surface area (Å²) < 4.78 is 57.9. The minimum atomic E-state index is -3.63. The van der Waals surface area contributed by atoms with Crippen molar-refractivity contribution in [1.29, 1.82) is 0 Å². The van der Waals surface area contributed by atoms with Gasteiger partial charge >= 0.3 is 5.97 Å². The number of benzene rings is 2. The molecule has 0 saturated carbocycles. The van der Waals surface area contributed by atoms with Crippen molar-refractivity contribution in [3.05, 3.63) is 59.7 Å². The first-order chi connectivity index (χ1) is 14.8. The van der Waals surface area contributed by atoms with E-state index in [0.29, 0.717) is 13.1 Å². The van der Waals surface area contributed by atoms with E-state index < -0.39 is 40.1 Å². The molecule has 10 heteroatoms. The number of anilines is 1. The Balaban J connectivity index is 1.57. The Hall–Kier alpha value is -2.85. The van der Waals surface area contributed by atoms with E-state index in [2.05, 4.69) is 5.32 Å². The Labute approximate surface area is 179 Å². The van der Waals surface area contributed by atoms with Crippen molar-refractivity contribution in [1.82, 2.24) is 4.31 Å². The first-order valence-electron chi connectivity index (χ1n) is 9.79. The number of sulfonamides is 1. The molecule has 1 amide bonds. The van der Waals surface area contributed by atoms with Crippen LogP contribution < -0.4 is 5.32 Å². The molecule has 0 bridgehead atoms. The molecule has 1 aliphatic rings. The van der Waals surface area contributed by atoms with E-state index in [1.54, 1.807) is 0 Å². The van der Waals surface area contributed by atoms with E-state index in [1.807, 2.05) is 0 Å². The minimum Gasteiger partial charge on any atom is -0.452 e. The van der Waals surface area contributed by atoms with E-state index in [0.717, 1.165) is 37.8 Å². The van der Waals surface area contributed by atoms with Crippen LogP contribution in [0, 0.1) is 11.6 Å². The number of ether oxygens (including phenoxy) is 1. The maximum Gasteiger partial charge on any atom is 0.338 e. The van der Waals surface area contributed by atoms with Crippen molar-refractivity contribution in [2.24, 2.45) is 0 Å². The smallest absolute Gasteiger partial charge is 0.338 e. The van der Waals surface area contributed by atoms with E-state index in [1.165, 1.54) is 34.6 Å². The number of halogens is 2. The summed E-state index contributed by atoms with van der Waals surface area (Å²) in [6.07, 6.45) is 3.63. The molecule has 0 atom stereocenters. The lowest BCUT2D eigenvalue weighted by molar-refractivity contribution is -0.119. The van der Waals surface area contributed by atoms with Gasteiger partial charge in [-0.2, -0.15) is 4.31 Å². The second kappa shape index (κ2) is 9.97. The fourth-order valence-electron chi connectivity index (χ4n) is 3.18. The van der Waals surface area contributed by atoms with Crippen LogP contribution in [0.3, 0.4) is 0 Å². The molecule has 3 rings (SSSR count). The molecule has 0 aromatic heterocycles. The summed E-state index contributed by atoms with van der Waals surface area (Å²) in [5.74, 6) is -3.73. The predicted molar refractivity (Wildman–Crippen MR) is 109 cm³/mol. The van der Waals surface area contributed by atoms with Gasteiger partial charge in [-0.1, -0.05) is 12.8 Å². The zero-order valence-electron chi connectivity index (χ0n) is 16.6. The van der Waals surface area contributed by atoms with E-state index in [-0.39, 0.29) is 16.1 Å². The number of nitrogens with one attached hydrogen (secondary N) is 1. The van der Waals surface area contributed by atoms with Gasteiger partial charge in [-0.3, -0.25) is 4.79 Å². The van der Waals surface area contributed by atoms with Gasteiger partial charge in [-0.05, 0) is 49.2 Å². The van der Waals surface area contributed by atoms with Gasteiger partial charge in [0.1, 0.15) is 0 Å². The fraction of sp³-hybridized carbons (Fsp3) is 0.333. The quantitative estimate of drug-likeness (QED) is 0.679. The summed E-state index contributed by atoms with van der Waals surface area (Å²) >= 11 is 0. The summed E-state index contributed by atoms with van der Waals surface area (Å²) in [5.41, 5.74) is 0.0958. The van der Waals surface area contributed by atoms with Crippen molar-refractivity contribution in [2.45, 2.75) is 30.6 Å². The number of carbonyl (C=O) groups is 2. The lowest BCUT2D eigenvalue weighted by Gasteiger charge is -2.19. The van der Waals surface area contributed by atoms with Crippen LogP contribution >= 0.6 is 0 Å². The molecule has 0 radical (unpaired) electrons. The normalized spacial score (nSPS) is 15.2. The van der Waals surface area contributed by atoms with Crippen LogP contribution in [0.25, 0.3) is 0 Å². The molecule has 0 spiro atoms. The Morgan fingerprint density at radius 3 is 2.19 bits per heavy atom. The topological polar surface area (TPSA) is 92.8 Å². The molecule has 1 aliphatic heterocycles. The molecular weight excluding hydrogens is 430 g/mol. The fourth-order valence-corrected chi connectivity index (χ4v) is 4.70. The van der Waals surface area contributed by atoms with Crippen LogP contribution in [0.1, 0.15) is 36.0 Å². The van der Waals surface area contributed by atoms with Gasteiger partial charge in [0.05, 0.1) is 10.5 Å². The number of carbonyl (C=O) groups excluding carboxylic acids is 2. The third kappa shape index (κ3) is 5.86. The third-order valence-corrected chi connectivity index (χ3v) is 6.74. The molecule has 1 N–H and O–H groups in total. The Morgan fingerprint density at radius 2 is 1.58 bits per heavy atom. The zero-order chi connectivity index (χ0) is 22.4. The van der Waals surface area contributed by atoms with Crippen molar-refractivity contribution in [3.8, 4) is 0 Å². The number of esters is 1. The number of hydrogen-bond donors (Lipinski definition) is 1. The van der Waals surface area contributed by atoms with Gasteiger partial charge in [0.2, 0.25) is 10.0 Å². The monoisotopic (exact) mass is 452 g/mol. The van der Waals surface area contributed by atoms with Crippen LogP contribution in [-0.2, 0) is 19.6 Å². The molecule has 0 unspecified atom stereocenters. The highest BCUT2D eigenvalue weighted by atomic mass is 32.2. The zero-order valence-corrected chi connectivity index (χ0v) is 17.5. The van der Waals surface area contributed by atoms with Gasteiger partial charge < -0.3 is 10.1 Å². The van der Waals surface area contributed by atoms with Crippen molar-refractivity contribution < 1.29 is 31.5 Å². The van der Waals surface area contributed by atoms with Gasteiger partial charge in [0.15, 0.2) is 18.2 Å². The number of hydrogen-bond acceptors (Lipinski definition) is 5. The summed E-state index contributed by atoms with van der Waals surface area (Å²) in [7, 11) is -3.63. The van der Waals surface area contributed by atoms with Crippen LogP contribution in [-0.4, -0.2) is 44.3 Å². The maximum absolute atomic E-state index is 13.2. The molecule has 1 saturated heterocycles. The minimum absolute atomic E-state index is 0.0167. The summed E-state index contributed by atoms with van der Waals surface area (Å²) in [6.45, 7) is 0.296. The van der Waals surface area contributed by atoms with E-state index in [9.17, 15) is 26.8 Å². The second-order valence-electron chi connectivity index (χ2n) is 7.10. The summed E-state index contributed by atoms with van der Waals surface area (Å²) in [5, 5.41) is 2.28. The van der Waals surface area contributed by atoms with Crippen LogP contribution in [0.2, 0.25) is 0 Å². The van der Waals surface area contributed by atoms with E-state index in [4.69, 9.17) is 4.74 Å². The molecule has 0 aliphatic carbocycles. The first-order valence-corrected chi connectivity index (χ1v) is 11.2. The van der Waals surface area contributed by atoms with Gasteiger partial charge in [0.25, 0.3) is 5.91 Å². The molecule has 1 heterocycles. The predicted octanol–water partition coefficient (Wildman–Crippen LogP) is 3.33. The highest BCUT2D eigenvalue weighted by molar-refractivity contribution is 7.89. The van der Waals surface area contributed by atoms with Gasteiger partial charge in [0, 0.05) is 24.8 Å². The summed E-state index contributed by atoms with van der Waals surface area (Å²) in [6, 6.07) is 8.13. The van der Waals surface area contributed by atoms with Crippen LogP contribution in [0.15, 0.2) is 47.4 Å². The Bertz CT molecular complexity index is 1050. The average Bonchev–Trinajstić information content (AvgIpc) is 3.05. The lowest BCUT2D eigenvalue weighted by atomic mass is 10.2. The SMILES string of the molecule is O=C(COC(=O)c1ccc(S(=O)(=O)N2CCCCCC2)cc1)Nc1ccc(F)c(F)c1. The molecule has 2 aromatic rings. The molecule has 7 nitrogen and oxygen atoms in total. The van der Waals surface area contributed by atoms with Crippen molar-refractivity contribution >= 4 is 27.6 Å². The Kier molecular flexibility index (Phi) is 7.34. The maximum atomic E-state index is 13.2. The van der Waals surface area contributed by atoms with Crippen LogP contribution in [0.5, 0.6) is 0 Å². The van der Waals surface area contributed by atoms with E-state index >= 15 is 0 Å². The molecular formula is C21H22F2N2O5S. The Morgan fingerprint density at radius 1 is 0.935 bits per heavy atom. The number of nitrogens with zero attached hydrogens (tertiary/aromatic N) is 1. The molecule has 31 heavy (non-hydrogen) atoms. The lowest BCUT2D eigenvalue weighted by Crippen LogP contribution is -2.31. The molecule has 2 aromatic carbocycles. The number of rotatable bonds is 6. The number of amides is 1. The third-order valence-electron chi connectivity index (χ3n) is 4.83. The highest BCUT2D eigenvalue weighted by Crippen LogP contribution is 2.21. The first kappa shape index (κ1) is 22.8. The largest absolute Gasteiger partial charge is 0.452 e. The molecule has 1 fully saturated rings. The summed E-state index contributed by atoms with van der Waals surface area (Å²) in [4.78, 5) is 24.1. The van der Waals surface area contributed by atoms with Crippen molar-refractivity contribution in [3.63, 3.8) is 0 Å². The average molecular weight is 452 g/mol. The van der Waals surface area contributed by atoms with Gasteiger partial charge in [-0.25, -0.2) is 22.0 Å².